The normalized spacial score (nSPS) is 12.2. The van der Waals surface area contributed by atoms with Gasteiger partial charge in [-0.25, -0.2) is 0 Å². The van der Waals surface area contributed by atoms with Crippen molar-refractivity contribution < 1.29 is 4.79 Å². The maximum atomic E-state index is 12.6. The van der Waals surface area contributed by atoms with Crippen LogP contribution in [0.4, 0.5) is 0 Å². The number of fused-ring (bicyclic) bond motifs is 1. The smallest absolute Gasteiger partial charge is 0.223 e. The molecule has 0 saturated heterocycles. The topological polar surface area (TPSA) is 62.1 Å². The monoisotopic (exact) mass is 405 g/mol. The first-order valence-electron chi connectivity index (χ1n) is 11.3. The number of unbranched alkanes of at least 4 members (excludes halogenated alkanes) is 2. The Hall–Kier alpha value is -2.59. The van der Waals surface area contributed by atoms with Gasteiger partial charge in [-0.2, -0.15) is 0 Å². The molecule has 0 aliphatic carbocycles. The highest BCUT2D eigenvalue weighted by Gasteiger charge is 2.14. The number of carbonyl (C=O) groups excluding carboxylic acids is 1. The molecule has 1 atom stereocenters. The number of rotatable bonds is 12. The van der Waals surface area contributed by atoms with Crippen molar-refractivity contribution >= 4 is 16.8 Å². The van der Waals surface area contributed by atoms with Crippen LogP contribution in [-0.2, 0) is 11.2 Å². The number of nitrogens with zero attached hydrogens (tertiary/aromatic N) is 1. The maximum absolute atomic E-state index is 12.6. The van der Waals surface area contributed by atoms with E-state index in [0.717, 1.165) is 37.9 Å². The molecule has 160 valence electrons. The minimum absolute atomic E-state index is 0.176. The molecular weight excluding hydrogens is 370 g/mol. The number of hydrogen-bond donors (Lipinski definition) is 2. The van der Waals surface area contributed by atoms with Crippen molar-refractivity contribution in [1.82, 2.24) is 9.88 Å². The number of aromatic nitrogens is 1. The molecule has 1 unspecified atom stereocenters. The summed E-state index contributed by atoms with van der Waals surface area (Å²) in [7, 11) is 0. The first-order chi connectivity index (χ1) is 14.7. The largest absolute Gasteiger partial charge is 0.361 e. The SMILES string of the molecule is CC(CCCCCN(CCc1c[nH]c2ccccc12)C(=O)CCN)c1ccccc1. The number of benzene rings is 2. The minimum atomic E-state index is 0.176. The molecule has 0 fully saturated rings. The van der Waals surface area contributed by atoms with Gasteiger partial charge in [-0.3, -0.25) is 4.79 Å². The number of hydrogen-bond acceptors (Lipinski definition) is 2. The van der Waals surface area contributed by atoms with Crippen LogP contribution < -0.4 is 5.73 Å². The lowest BCUT2D eigenvalue weighted by Crippen LogP contribution is -2.35. The van der Waals surface area contributed by atoms with Gasteiger partial charge in [-0.15, -0.1) is 0 Å². The molecule has 30 heavy (non-hydrogen) atoms. The number of amides is 1. The zero-order valence-electron chi connectivity index (χ0n) is 18.1. The Balaban J connectivity index is 1.46. The third-order valence-electron chi connectivity index (χ3n) is 5.97. The van der Waals surface area contributed by atoms with E-state index in [1.54, 1.807) is 0 Å². The summed E-state index contributed by atoms with van der Waals surface area (Å²) in [6.45, 7) is 4.28. The van der Waals surface area contributed by atoms with Crippen LogP contribution in [0.3, 0.4) is 0 Å². The summed E-state index contributed by atoms with van der Waals surface area (Å²) in [5.41, 5.74) is 9.48. The molecule has 0 radical (unpaired) electrons. The van der Waals surface area contributed by atoms with Gasteiger partial charge in [0.1, 0.15) is 0 Å². The fourth-order valence-electron chi connectivity index (χ4n) is 4.11. The summed E-state index contributed by atoms with van der Waals surface area (Å²) in [4.78, 5) is 17.9. The second kappa shape index (κ2) is 11.6. The van der Waals surface area contributed by atoms with Gasteiger partial charge < -0.3 is 15.6 Å². The molecule has 1 amide bonds. The van der Waals surface area contributed by atoms with Crippen LogP contribution in [0.15, 0.2) is 60.8 Å². The third-order valence-corrected chi connectivity index (χ3v) is 5.97. The minimum Gasteiger partial charge on any atom is -0.361 e. The van der Waals surface area contributed by atoms with Gasteiger partial charge >= 0.3 is 0 Å². The highest BCUT2D eigenvalue weighted by Crippen LogP contribution is 2.22. The van der Waals surface area contributed by atoms with Gasteiger partial charge in [0, 0.05) is 43.2 Å². The van der Waals surface area contributed by atoms with Crippen LogP contribution in [0, 0.1) is 0 Å². The number of nitrogens with one attached hydrogen (secondary N) is 1. The Kier molecular flexibility index (Phi) is 8.52. The fourth-order valence-corrected chi connectivity index (χ4v) is 4.11. The predicted octanol–water partition coefficient (Wildman–Crippen LogP) is 5.25. The maximum Gasteiger partial charge on any atom is 0.223 e. The fraction of sp³-hybridized carbons (Fsp3) is 0.423. The van der Waals surface area contributed by atoms with E-state index >= 15 is 0 Å². The highest BCUT2D eigenvalue weighted by atomic mass is 16.2. The Labute approximate surface area is 180 Å². The summed E-state index contributed by atoms with van der Waals surface area (Å²) < 4.78 is 0. The first kappa shape index (κ1) is 22.1. The van der Waals surface area contributed by atoms with Crippen molar-refractivity contribution in [2.75, 3.05) is 19.6 Å². The summed E-state index contributed by atoms with van der Waals surface area (Å²) in [5, 5.41) is 1.25. The standard InChI is InChI=1S/C26H35N3O/c1-21(22-11-5-2-6-12-22)10-4-3-9-18-29(26(30)15-17-27)19-16-23-20-28-25-14-8-7-13-24(23)25/h2,5-8,11-14,20-21,28H,3-4,9-10,15-19,27H2,1H3. The van der Waals surface area contributed by atoms with Gasteiger partial charge in [0.2, 0.25) is 5.91 Å². The summed E-state index contributed by atoms with van der Waals surface area (Å²) in [6, 6.07) is 19.0. The molecule has 1 heterocycles. The first-order valence-corrected chi connectivity index (χ1v) is 11.3. The van der Waals surface area contributed by atoms with E-state index in [0.29, 0.717) is 18.9 Å². The van der Waals surface area contributed by atoms with Crippen molar-refractivity contribution in [3.63, 3.8) is 0 Å². The molecular formula is C26H35N3O. The summed E-state index contributed by atoms with van der Waals surface area (Å²) in [6.07, 6.45) is 7.95. The van der Waals surface area contributed by atoms with Crippen LogP contribution in [-0.4, -0.2) is 35.4 Å². The Morgan fingerprint density at radius 1 is 1.00 bits per heavy atom. The molecule has 0 aliphatic heterocycles. The molecule has 0 aliphatic rings. The van der Waals surface area contributed by atoms with E-state index in [4.69, 9.17) is 5.73 Å². The van der Waals surface area contributed by atoms with Crippen LogP contribution in [0.1, 0.15) is 56.1 Å². The number of carbonyl (C=O) groups is 1. The zero-order valence-corrected chi connectivity index (χ0v) is 18.1. The highest BCUT2D eigenvalue weighted by molar-refractivity contribution is 5.83. The van der Waals surface area contributed by atoms with Crippen LogP contribution in [0.25, 0.3) is 10.9 Å². The Morgan fingerprint density at radius 2 is 1.77 bits per heavy atom. The van der Waals surface area contributed by atoms with E-state index in [-0.39, 0.29) is 5.91 Å². The average molecular weight is 406 g/mol. The van der Waals surface area contributed by atoms with Gasteiger partial charge in [0.05, 0.1) is 0 Å². The molecule has 3 N–H and O–H groups in total. The Morgan fingerprint density at radius 3 is 2.57 bits per heavy atom. The Bertz CT molecular complexity index is 903. The number of aromatic amines is 1. The lowest BCUT2D eigenvalue weighted by Gasteiger charge is -2.23. The molecule has 0 saturated carbocycles. The molecule has 2 aromatic carbocycles. The molecule has 3 rings (SSSR count). The van der Waals surface area contributed by atoms with Gasteiger partial charge in [0.15, 0.2) is 0 Å². The van der Waals surface area contributed by atoms with Crippen LogP contribution in [0.5, 0.6) is 0 Å². The van der Waals surface area contributed by atoms with Crippen molar-refractivity contribution in [3.05, 3.63) is 71.9 Å². The van der Waals surface area contributed by atoms with Crippen LogP contribution in [0.2, 0.25) is 0 Å². The van der Waals surface area contributed by atoms with E-state index in [9.17, 15) is 4.79 Å². The second-order valence-electron chi connectivity index (χ2n) is 8.19. The van der Waals surface area contributed by atoms with Gasteiger partial charge in [0.25, 0.3) is 0 Å². The van der Waals surface area contributed by atoms with Crippen molar-refractivity contribution in [2.45, 2.75) is 51.4 Å². The van der Waals surface area contributed by atoms with Crippen molar-refractivity contribution in [3.8, 4) is 0 Å². The average Bonchev–Trinajstić information content (AvgIpc) is 3.19. The molecule has 3 aromatic rings. The number of nitrogens with two attached hydrogens (primary N) is 1. The van der Waals surface area contributed by atoms with Crippen molar-refractivity contribution in [1.29, 1.82) is 0 Å². The third kappa shape index (κ3) is 6.20. The zero-order chi connectivity index (χ0) is 21.2. The summed E-state index contributed by atoms with van der Waals surface area (Å²) >= 11 is 0. The van der Waals surface area contributed by atoms with Gasteiger partial charge in [-0.05, 0) is 42.4 Å². The van der Waals surface area contributed by atoms with Crippen molar-refractivity contribution in [2.24, 2.45) is 5.73 Å². The van der Waals surface area contributed by atoms with Crippen LogP contribution >= 0.6 is 0 Å². The van der Waals surface area contributed by atoms with E-state index < -0.39 is 0 Å². The summed E-state index contributed by atoms with van der Waals surface area (Å²) in [5.74, 6) is 0.762. The number of H-pyrrole nitrogens is 1. The lowest BCUT2D eigenvalue weighted by molar-refractivity contribution is -0.131. The molecule has 1 aromatic heterocycles. The lowest BCUT2D eigenvalue weighted by atomic mass is 9.95. The molecule has 4 nitrogen and oxygen atoms in total. The van der Waals surface area contributed by atoms with E-state index in [2.05, 4.69) is 66.6 Å². The predicted molar refractivity (Wildman–Crippen MR) is 126 cm³/mol. The molecule has 0 bridgehead atoms. The molecule has 0 spiro atoms. The van der Waals surface area contributed by atoms with E-state index in [1.807, 2.05) is 11.0 Å². The van der Waals surface area contributed by atoms with E-state index in [1.165, 1.54) is 29.4 Å². The van der Waals surface area contributed by atoms with Gasteiger partial charge in [-0.1, -0.05) is 68.3 Å². The quantitative estimate of drug-likeness (QED) is 0.404. The second-order valence-corrected chi connectivity index (χ2v) is 8.19. The molecule has 4 heteroatoms. The number of para-hydroxylation sites is 1.